The van der Waals surface area contributed by atoms with Crippen molar-refractivity contribution >= 4 is 16.9 Å². The van der Waals surface area contributed by atoms with Crippen molar-refractivity contribution in [2.75, 3.05) is 7.11 Å². The number of aromatic nitrogens is 1. The van der Waals surface area contributed by atoms with E-state index in [0.717, 1.165) is 28.7 Å². The molecule has 26 heavy (non-hydrogen) atoms. The SMILES string of the molecule is CON[C@@H](Cc1c(C)n(Cc2ccc(C)cc2)c2ccccc12)C(=O)O. The number of aliphatic carboxylic acids is 1. The molecule has 0 bridgehead atoms. The average molecular weight is 352 g/mol. The van der Waals surface area contributed by atoms with E-state index in [4.69, 9.17) is 4.84 Å². The van der Waals surface area contributed by atoms with Crippen molar-refractivity contribution in [2.45, 2.75) is 32.9 Å². The highest BCUT2D eigenvalue weighted by Gasteiger charge is 2.22. The van der Waals surface area contributed by atoms with E-state index < -0.39 is 12.0 Å². The molecule has 0 saturated carbocycles. The Balaban J connectivity index is 2.03. The number of para-hydroxylation sites is 1. The van der Waals surface area contributed by atoms with Gasteiger partial charge in [-0.1, -0.05) is 48.0 Å². The molecule has 0 spiro atoms. The van der Waals surface area contributed by atoms with Crippen LogP contribution in [-0.2, 0) is 22.6 Å². The Hall–Kier alpha value is -2.63. The molecule has 3 aromatic rings. The number of benzene rings is 2. The van der Waals surface area contributed by atoms with E-state index in [0.29, 0.717) is 6.42 Å². The number of hydrogen-bond donors (Lipinski definition) is 2. The van der Waals surface area contributed by atoms with Crippen LogP contribution in [0.4, 0.5) is 0 Å². The summed E-state index contributed by atoms with van der Waals surface area (Å²) in [7, 11) is 1.43. The zero-order valence-electron chi connectivity index (χ0n) is 15.3. The van der Waals surface area contributed by atoms with E-state index in [2.05, 4.69) is 60.3 Å². The molecule has 0 radical (unpaired) electrons. The largest absolute Gasteiger partial charge is 0.480 e. The van der Waals surface area contributed by atoms with Gasteiger partial charge in [0.2, 0.25) is 0 Å². The Kier molecular flexibility index (Phi) is 5.40. The summed E-state index contributed by atoms with van der Waals surface area (Å²) >= 11 is 0. The van der Waals surface area contributed by atoms with Crippen LogP contribution in [0, 0.1) is 13.8 Å². The minimum Gasteiger partial charge on any atom is -0.480 e. The fourth-order valence-corrected chi connectivity index (χ4v) is 3.37. The Morgan fingerprint density at radius 1 is 1.15 bits per heavy atom. The van der Waals surface area contributed by atoms with E-state index in [1.54, 1.807) is 0 Å². The highest BCUT2D eigenvalue weighted by Crippen LogP contribution is 2.28. The number of nitrogens with one attached hydrogen (secondary N) is 1. The first-order chi connectivity index (χ1) is 12.5. The maximum absolute atomic E-state index is 11.5. The molecule has 136 valence electrons. The van der Waals surface area contributed by atoms with Crippen molar-refractivity contribution in [2.24, 2.45) is 0 Å². The molecule has 0 saturated heterocycles. The second-order valence-corrected chi connectivity index (χ2v) is 6.57. The molecule has 2 N–H and O–H groups in total. The van der Waals surface area contributed by atoms with Gasteiger partial charge in [-0.15, -0.1) is 0 Å². The van der Waals surface area contributed by atoms with Gasteiger partial charge in [0.15, 0.2) is 0 Å². The summed E-state index contributed by atoms with van der Waals surface area (Å²) in [5.41, 5.74) is 8.26. The van der Waals surface area contributed by atoms with Crippen LogP contribution < -0.4 is 5.48 Å². The van der Waals surface area contributed by atoms with E-state index in [9.17, 15) is 9.90 Å². The van der Waals surface area contributed by atoms with Gasteiger partial charge in [0.1, 0.15) is 6.04 Å². The number of rotatable bonds is 7. The Labute approximate surface area is 153 Å². The highest BCUT2D eigenvalue weighted by atomic mass is 16.6. The normalized spacial score (nSPS) is 12.4. The molecule has 1 atom stereocenters. The summed E-state index contributed by atoms with van der Waals surface area (Å²) in [6.45, 7) is 4.88. The lowest BCUT2D eigenvalue weighted by atomic mass is 10.0. The summed E-state index contributed by atoms with van der Waals surface area (Å²) in [5.74, 6) is -0.929. The smallest absolute Gasteiger partial charge is 0.323 e. The number of hydroxylamine groups is 1. The van der Waals surface area contributed by atoms with Gasteiger partial charge in [-0.25, -0.2) is 0 Å². The van der Waals surface area contributed by atoms with Gasteiger partial charge in [0, 0.05) is 29.6 Å². The van der Waals surface area contributed by atoms with Crippen molar-refractivity contribution in [3.05, 3.63) is 70.9 Å². The molecule has 0 aliphatic heterocycles. The average Bonchev–Trinajstić information content (AvgIpc) is 2.89. The van der Waals surface area contributed by atoms with Crippen LogP contribution in [0.3, 0.4) is 0 Å². The van der Waals surface area contributed by atoms with Gasteiger partial charge < -0.3 is 14.5 Å². The third kappa shape index (κ3) is 3.64. The van der Waals surface area contributed by atoms with Crippen LogP contribution in [0.5, 0.6) is 0 Å². The van der Waals surface area contributed by atoms with Gasteiger partial charge in [-0.2, -0.15) is 5.48 Å². The molecular formula is C21H24N2O3. The summed E-state index contributed by atoms with van der Waals surface area (Å²) in [4.78, 5) is 16.4. The second kappa shape index (κ2) is 7.72. The zero-order chi connectivity index (χ0) is 18.7. The maximum atomic E-state index is 11.5. The molecule has 0 aliphatic carbocycles. The minimum atomic E-state index is -0.929. The van der Waals surface area contributed by atoms with Crippen molar-refractivity contribution in [1.82, 2.24) is 10.0 Å². The topological polar surface area (TPSA) is 63.5 Å². The number of nitrogens with zero attached hydrogens (tertiary/aromatic N) is 1. The predicted octanol–water partition coefficient (Wildman–Crippen LogP) is 3.45. The first-order valence-electron chi connectivity index (χ1n) is 8.64. The van der Waals surface area contributed by atoms with Crippen LogP contribution in [0.2, 0.25) is 0 Å². The first kappa shape index (κ1) is 18.2. The second-order valence-electron chi connectivity index (χ2n) is 6.57. The lowest BCUT2D eigenvalue weighted by molar-refractivity contribution is -0.143. The summed E-state index contributed by atoms with van der Waals surface area (Å²) < 4.78 is 2.25. The Morgan fingerprint density at radius 3 is 2.50 bits per heavy atom. The fraction of sp³-hybridized carbons (Fsp3) is 0.286. The van der Waals surface area contributed by atoms with Gasteiger partial charge >= 0.3 is 5.97 Å². The van der Waals surface area contributed by atoms with Gasteiger partial charge in [0.05, 0.1) is 7.11 Å². The number of carboxylic acid groups (broad SMARTS) is 1. The van der Waals surface area contributed by atoms with Crippen LogP contribution in [0.15, 0.2) is 48.5 Å². The molecule has 0 aliphatic rings. The van der Waals surface area contributed by atoms with Crippen molar-refractivity contribution in [1.29, 1.82) is 0 Å². The Bertz CT molecular complexity index is 913. The number of carboxylic acids is 1. The molecule has 0 fully saturated rings. The van der Waals surface area contributed by atoms with Crippen LogP contribution in [0.1, 0.15) is 22.4 Å². The molecule has 5 heteroatoms. The summed E-state index contributed by atoms with van der Waals surface area (Å²) in [6.07, 6.45) is 0.358. The lowest BCUT2D eigenvalue weighted by Gasteiger charge is -2.13. The molecule has 1 heterocycles. The third-order valence-corrected chi connectivity index (χ3v) is 4.79. The monoisotopic (exact) mass is 352 g/mol. The quantitative estimate of drug-likeness (QED) is 0.639. The van der Waals surface area contributed by atoms with Crippen molar-refractivity contribution < 1.29 is 14.7 Å². The molecule has 5 nitrogen and oxygen atoms in total. The van der Waals surface area contributed by atoms with E-state index >= 15 is 0 Å². The third-order valence-electron chi connectivity index (χ3n) is 4.79. The zero-order valence-corrected chi connectivity index (χ0v) is 15.3. The van der Waals surface area contributed by atoms with E-state index in [1.165, 1.54) is 18.2 Å². The van der Waals surface area contributed by atoms with E-state index in [-0.39, 0.29) is 0 Å². The van der Waals surface area contributed by atoms with E-state index in [1.807, 2.05) is 12.1 Å². The maximum Gasteiger partial charge on any atom is 0.323 e. The molecular weight excluding hydrogens is 328 g/mol. The fourth-order valence-electron chi connectivity index (χ4n) is 3.37. The lowest BCUT2D eigenvalue weighted by Crippen LogP contribution is -2.37. The Morgan fingerprint density at radius 2 is 1.85 bits per heavy atom. The number of aryl methyl sites for hydroxylation is 1. The molecule has 0 amide bonds. The minimum absolute atomic E-state index is 0.358. The predicted molar refractivity (Wildman–Crippen MR) is 102 cm³/mol. The van der Waals surface area contributed by atoms with Gasteiger partial charge in [-0.3, -0.25) is 4.79 Å². The standard InChI is InChI=1S/C21H24N2O3/c1-14-8-10-16(11-9-14)13-23-15(2)18(12-19(21(24)25)22-26-3)17-6-4-5-7-20(17)23/h4-11,19,22H,12-13H2,1-3H3,(H,24,25)/t19-/m0/s1. The highest BCUT2D eigenvalue weighted by molar-refractivity contribution is 5.86. The number of fused-ring (bicyclic) bond motifs is 1. The van der Waals surface area contributed by atoms with Crippen LogP contribution >= 0.6 is 0 Å². The molecule has 3 rings (SSSR count). The van der Waals surface area contributed by atoms with Crippen molar-refractivity contribution in [3.63, 3.8) is 0 Å². The molecule has 1 aromatic heterocycles. The van der Waals surface area contributed by atoms with Gasteiger partial charge in [-0.05, 0) is 31.0 Å². The number of hydrogen-bond acceptors (Lipinski definition) is 3. The van der Waals surface area contributed by atoms with Crippen LogP contribution in [0.25, 0.3) is 10.9 Å². The van der Waals surface area contributed by atoms with Crippen molar-refractivity contribution in [3.8, 4) is 0 Å². The summed E-state index contributed by atoms with van der Waals surface area (Å²) in [5, 5.41) is 10.5. The van der Waals surface area contributed by atoms with Crippen LogP contribution in [-0.4, -0.2) is 28.8 Å². The summed E-state index contributed by atoms with van der Waals surface area (Å²) in [6, 6.07) is 15.8. The van der Waals surface area contributed by atoms with Gasteiger partial charge in [0.25, 0.3) is 0 Å². The molecule has 2 aromatic carbocycles. The number of carbonyl (C=O) groups is 1. The molecule has 0 unspecified atom stereocenters. The first-order valence-corrected chi connectivity index (χ1v) is 8.64.